The second-order valence-electron chi connectivity index (χ2n) is 4.30. The van der Waals surface area contributed by atoms with Gasteiger partial charge in [0.2, 0.25) is 5.91 Å². The van der Waals surface area contributed by atoms with Crippen molar-refractivity contribution in [3.8, 4) is 0 Å². The van der Waals surface area contributed by atoms with E-state index in [1.165, 1.54) is 0 Å². The summed E-state index contributed by atoms with van der Waals surface area (Å²) in [6.07, 6.45) is 0. The Bertz CT molecular complexity index is 268. The molecule has 1 aliphatic heterocycles. The molecule has 0 aromatic carbocycles. The van der Waals surface area contributed by atoms with Gasteiger partial charge >= 0.3 is 6.03 Å². The molecule has 0 aliphatic carbocycles. The molecule has 3 amide bonds. The molecule has 0 saturated carbocycles. The molecular formula is C10H20N4O2. The van der Waals surface area contributed by atoms with Gasteiger partial charge in [-0.05, 0) is 5.92 Å². The van der Waals surface area contributed by atoms with Crippen LogP contribution in [0, 0.1) is 5.92 Å². The summed E-state index contributed by atoms with van der Waals surface area (Å²) in [4.78, 5) is 24.0. The number of carbonyl (C=O) groups is 2. The Balaban J connectivity index is 2.28. The van der Waals surface area contributed by atoms with Crippen LogP contribution in [0.3, 0.4) is 0 Å². The molecule has 92 valence electrons. The highest BCUT2D eigenvalue weighted by atomic mass is 16.2. The van der Waals surface area contributed by atoms with E-state index in [1.807, 2.05) is 13.8 Å². The van der Waals surface area contributed by atoms with Crippen molar-refractivity contribution in [2.45, 2.75) is 19.9 Å². The van der Waals surface area contributed by atoms with E-state index in [-0.39, 0.29) is 23.9 Å². The average molecular weight is 228 g/mol. The fourth-order valence-corrected chi connectivity index (χ4v) is 1.74. The average Bonchev–Trinajstić information content (AvgIpc) is 2.57. The molecule has 1 atom stereocenters. The zero-order valence-corrected chi connectivity index (χ0v) is 9.82. The predicted molar refractivity (Wildman–Crippen MR) is 60.8 cm³/mol. The topological polar surface area (TPSA) is 87.5 Å². The minimum atomic E-state index is -0.346. The van der Waals surface area contributed by atoms with E-state index in [0.29, 0.717) is 19.6 Å². The smallest absolute Gasteiger partial charge is 0.317 e. The minimum Gasteiger partial charge on any atom is -0.368 e. The van der Waals surface area contributed by atoms with E-state index in [1.54, 1.807) is 4.90 Å². The summed E-state index contributed by atoms with van der Waals surface area (Å²) >= 11 is 0. The largest absolute Gasteiger partial charge is 0.368 e. The third kappa shape index (κ3) is 3.37. The van der Waals surface area contributed by atoms with Gasteiger partial charge in [-0.1, -0.05) is 13.8 Å². The van der Waals surface area contributed by atoms with Crippen LogP contribution in [-0.4, -0.2) is 49.1 Å². The molecule has 16 heavy (non-hydrogen) atoms. The second kappa shape index (κ2) is 5.69. The quantitative estimate of drug-likeness (QED) is 0.551. The zero-order valence-electron chi connectivity index (χ0n) is 9.82. The number of rotatable bonds is 6. The lowest BCUT2D eigenvalue weighted by Crippen LogP contribution is -2.47. The van der Waals surface area contributed by atoms with Gasteiger partial charge < -0.3 is 21.3 Å². The number of carbonyl (C=O) groups excluding carboxylic acids is 2. The van der Waals surface area contributed by atoms with Crippen LogP contribution in [0.15, 0.2) is 0 Å². The Morgan fingerprint density at radius 3 is 2.75 bits per heavy atom. The first-order chi connectivity index (χ1) is 7.52. The maximum absolute atomic E-state index is 11.2. The molecule has 6 nitrogen and oxygen atoms in total. The van der Waals surface area contributed by atoms with Crippen LogP contribution in [0.1, 0.15) is 13.8 Å². The number of urea groups is 1. The van der Waals surface area contributed by atoms with Crippen LogP contribution in [0.25, 0.3) is 0 Å². The number of primary amides is 1. The lowest BCUT2D eigenvalue weighted by atomic mass is 10.0. The van der Waals surface area contributed by atoms with Gasteiger partial charge in [0.25, 0.3) is 0 Å². The maximum Gasteiger partial charge on any atom is 0.317 e. The lowest BCUT2D eigenvalue weighted by molar-refractivity contribution is -0.121. The van der Waals surface area contributed by atoms with E-state index >= 15 is 0 Å². The number of nitrogens with two attached hydrogens (primary N) is 1. The molecule has 1 heterocycles. The summed E-state index contributed by atoms with van der Waals surface area (Å²) in [5.74, 6) is -0.189. The van der Waals surface area contributed by atoms with Crippen molar-refractivity contribution in [3.63, 3.8) is 0 Å². The first kappa shape index (κ1) is 12.8. The Morgan fingerprint density at radius 1 is 1.62 bits per heavy atom. The Kier molecular flexibility index (Phi) is 4.54. The lowest BCUT2D eigenvalue weighted by Gasteiger charge is -2.21. The van der Waals surface area contributed by atoms with Gasteiger partial charge in [-0.2, -0.15) is 0 Å². The standard InChI is InChI=1S/C10H20N4O2/c1-7(2)8(9(11)15)12-3-5-14-6-4-13-10(14)16/h7-8,12H,3-6H2,1-2H3,(H2,11,15)(H,13,16). The monoisotopic (exact) mass is 228 g/mol. The fraction of sp³-hybridized carbons (Fsp3) is 0.800. The number of nitrogens with zero attached hydrogens (tertiary/aromatic N) is 1. The number of hydrogen-bond donors (Lipinski definition) is 3. The van der Waals surface area contributed by atoms with Crippen molar-refractivity contribution in [1.82, 2.24) is 15.5 Å². The normalized spacial score (nSPS) is 17.7. The van der Waals surface area contributed by atoms with E-state index in [9.17, 15) is 9.59 Å². The van der Waals surface area contributed by atoms with E-state index in [0.717, 1.165) is 6.54 Å². The first-order valence-electron chi connectivity index (χ1n) is 5.58. The summed E-state index contributed by atoms with van der Waals surface area (Å²) < 4.78 is 0. The predicted octanol–water partition coefficient (Wildman–Crippen LogP) is -0.889. The highest BCUT2D eigenvalue weighted by Gasteiger charge is 2.21. The zero-order chi connectivity index (χ0) is 12.1. The van der Waals surface area contributed by atoms with Gasteiger partial charge in [-0.15, -0.1) is 0 Å². The highest BCUT2D eigenvalue weighted by molar-refractivity contribution is 5.80. The third-order valence-electron chi connectivity index (χ3n) is 2.66. The molecular weight excluding hydrogens is 208 g/mol. The Morgan fingerprint density at radius 2 is 2.31 bits per heavy atom. The van der Waals surface area contributed by atoms with Crippen LogP contribution >= 0.6 is 0 Å². The molecule has 0 radical (unpaired) electrons. The Labute approximate surface area is 95.5 Å². The Hall–Kier alpha value is -1.30. The molecule has 1 saturated heterocycles. The highest BCUT2D eigenvalue weighted by Crippen LogP contribution is 2.01. The molecule has 0 aromatic rings. The van der Waals surface area contributed by atoms with Crippen molar-refractivity contribution < 1.29 is 9.59 Å². The fourth-order valence-electron chi connectivity index (χ4n) is 1.74. The van der Waals surface area contributed by atoms with Crippen LogP contribution in [0.5, 0.6) is 0 Å². The van der Waals surface area contributed by atoms with Crippen molar-refractivity contribution in [2.75, 3.05) is 26.2 Å². The summed E-state index contributed by atoms with van der Waals surface area (Å²) in [6.45, 7) is 6.48. The summed E-state index contributed by atoms with van der Waals surface area (Å²) in [6, 6.07) is -0.368. The van der Waals surface area contributed by atoms with Crippen molar-refractivity contribution in [1.29, 1.82) is 0 Å². The van der Waals surface area contributed by atoms with Gasteiger partial charge in [-0.25, -0.2) is 4.79 Å². The maximum atomic E-state index is 11.2. The first-order valence-corrected chi connectivity index (χ1v) is 5.58. The van der Waals surface area contributed by atoms with Gasteiger partial charge in [0, 0.05) is 26.2 Å². The minimum absolute atomic E-state index is 0.0398. The molecule has 0 aromatic heterocycles. The van der Waals surface area contributed by atoms with Crippen molar-refractivity contribution in [2.24, 2.45) is 11.7 Å². The number of nitrogens with one attached hydrogen (secondary N) is 2. The molecule has 0 bridgehead atoms. The van der Waals surface area contributed by atoms with Crippen molar-refractivity contribution >= 4 is 11.9 Å². The van der Waals surface area contributed by atoms with E-state index in [2.05, 4.69) is 10.6 Å². The third-order valence-corrected chi connectivity index (χ3v) is 2.66. The molecule has 1 aliphatic rings. The van der Waals surface area contributed by atoms with Gasteiger partial charge in [0.15, 0.2) is 0 Å². The second-order valence-corrected chi connectivity index (χ2v) is 4.30. The van der Waals surface area contributed by atoms with E-state index < -0.39 is 0 Å². The molecule has 1 rings (SSSR count). The van der Waals surface area contributed by atoms with E-state index in [4.69, 9.17) is 5.73 Å². The SMILES string of the molecule is CC(C)C(NCCN1CCNC1=O)C(N)=O. The number of amides is 3. The van der Waals surface area contributed by atoms with Gasteiger partial charge in [0.05, 0.1) is 6.04 Å². The van der Waals surface area contributed by atoms with Crippen molar-refractivity contribution in [3.05, 3.63) is 0 Å². The summed E-state index contributed by atoms with van der Waals surface area (Å²) in [7, 11) is 0. The van der Waals surface area contributed by atoms with Gasteiger partial charge in [0.1, 0.15) is 0 Å². The van der Waals surface area contributed by atoms with Crippen LogP contribution in [-0.2, 0) is 4.79 Å². The molecule has 1 fully saturated rings. The molecule has 1 unspecified atom stereocenters. The van der Waals surface area contributed by atoms with Crippen LogP contribution in [0.2, 0.25) is 0 Å². The molecule has 6 heteroatoms. The molecule has 0 spiro atoms. The van der Waals surface area contributed by atoms with Gasteiger partial charge in [-0.3, -0.25) is 4.79 Å². The number of hydrogen-bond acceptors (Lipinski definition) is 3. The van der Waals surface area contributed by atoms with Crippen LogP contribution < -0.4 is 16.4 Å². The molecule has 4 N–H and O–H groups in total. The summed E-state index contributed by atoms with van der Waals surface area (Å²) in [5.41, 5.74) is 5.26. The van der Waals surface area contributed by atoms with Crippen LogP contribution in [0.4, 0.5) is 4.79 Å². The summed E-state index contributed by atoms with van der Waals surface area (Å²) in [5, 5.41) is 5.79.